The molecule has 1 N–H and O–H groups in total. The Hall–Kier alpha value is -2.08. The number of fused-ring (bicyclic) bond motifs is 1. The number of hydrogen-bond donors (Lipinski definition) is 1. The zero-order valence-electron chi connectivity index (χ0n) is 14.1. The summed E-state index contributed by atoms with van der Waals surface area (Å²) in [6.07, 6.45) is 6.02. The van der Waals surface area contributed by atoms with E-state index < -0.39 is 0 Å². The van der Waals surface area contributed by atoms with Crippen molar-refractivity contribution >= 4 is 5.95 Å². The number of aromatic nitrogens is 2. The quantitative estimate of drug-likeness (QED) is 0.936. The van der Waals surface area contributed by atoms with Gasteiger partial charge >= 0.3 is 0 Å². The Morgan fingerprint density at radius 1 is 1.38 bits per heavy atom. The van der Waals surface area contributed by atoms with Crippen LogP contribution in [-0.4, -0.2) is 34.0 Å². The molecule has 24 heavy (non-hydrogen) atoms. The third kappa shape index (κ3) is 2.98. The summed E-state index contributed by atoms with van der Waals surface area (Å²) in [5.74, 6) is 1.69. The highest BCUT2D eigenvalue weighted by Gasteiger charge is 2.25. The summed E-state index contributed by atoms with van der Waals surface area (Å²) in [6.45, 7) is 5.50. The number of nitrogens with one attached hydrogen (secondary N) is 1. The Bertz CT molecular complexity index is 753. The second-order valence-electron chi connectivity index (χ2n) is 6.89. The molecule has 0 radical (unpaired) electrons. The SMILES string of the molecule is C[C@@H]1CCCCN1c1nc2c(c(=O)[nH]1)CCN(Cc1ccco1)C2. The van der Waals surface area contributed by atoms with Gasteiger partial charge in [0.05, 0.1) is 18.5 Å². The van der Waals surface area contributed by atoms with Gasteiger partial charge in [-0.1, -0.05) is 0 Å². The van der Waals surface area contributed by atoms with E-state index in [1.807, 2.05) is 12.1 Å². The second-order valence-corrected chi connectivity index (χ2v) is 6.89. The highest BCUT2D eigenvalue weighted by molar-refractivity contribution is 5.36. The average Bonchev–Trinajstić information content (AvgIpc) is 3.08. The molecule has 4 heterocycles. The van der Waals surface area contributed by atoms with E-state index in [0.29, 0.717) is 12.6 Å². The molecule has 2 aliphatic rings. The Morgan fingerprint density at radius 2 is 2.29 bits per heavy atom. The van der Waals surface area contributed by atoms with Crippen LogP contribution in [0.2, 0.25) is 0 Å². The molecule has 0 unspecified atom stereocenters. The maximum Gasteiger partial charge on any atom is 0.255 e. The van der Waals surface area contributed by atoms with Gasteiger partial charge in [-0.3, -0.25) is 14.7 Å². The third-order valence-corrected chi connectivity index (χ3v) is 5.17. The maximum absolute atomic E-state index is 12.5. The minimum atomic E-state index is 0.0328. The molecule has 6 nitrogen and oxygen atoms in total. The Morgan fingerprint density at radius 3 is 3.08 bits per heavy atom. The molecule has 2 aromatic heterocycles. The van der Waals surface area contributed by atoms with E-state index >= 15 is 0 Å². The topological polar surface area (TPSA) is 65.4 Å². The van der Waals surface area contributed by atoms with E-state index in [4.69, 9.17) is 9.40 Å². The normalized spacial score (nSPS) is 21.7. The number of piperidine rings is 1. The lowest BCUT2D eigenvalue weighted by molar-refractivity contribution is 0.221. The molecule has 0 bridgehead atoms. The Balaban J connectivity index is 1.58. The van der Waals surface area contributed by atoms with Gasteiger partial charge in [0.25, 0.3) is 5.56 Å². The van der Waals surface area contributed by atoms with Crippen LogP contribution in [0.5, 0.6) is 0 Å². The van der Waals surface area contributed by atoms with Gasteiger partial charge in [-0.15, -0.1) is 0 Å². The second kappa shape index (κ2) is 6.43. The lowest BCUT2D eigenvalue weighted by atomic mass is 10.0. The molecule has 0 aromatic carbocycles. The first kappa shape index (κ1) is 15.4. The summed E-state index contributed by atoms with van der Waals surface area (Å²) in [5, 5.41) is 0. The fraction of sp³-hybridized carbons (Fsp3) is 0.556. The lowest BCUT2D eigenvalue weighted by Gasteiger charge is -2.35. The summed E-state index contributed by atoms with van der Waals surface area (Å²) in [4.78, 5) is 24.9. The number of H-pyrrole nitrogens is 1. The van der Waals surface area contributed by atoms with Crippen molar-refractivity contribution in [1.29, 1.82) is 0 Å². The number of hydrogen-bond acceptors (Lipinski definition) is 5. The average molecular weight is 328 g/mol. The van der Waals surface area contributed by atoms with E-state index in [0.717, 1.165) is 61.9 Å². The van der Waals surface area contributed by atoms with Crippen molar-refractivity contribution in [3.63, 3.8) is 0 Å². The zero-order valence-corrected chi connectivity index (χ0v) is 14.1. The monoisotopic (exact) mass is 328 g/mol. The van der Waals surface area contributed by atoms with Crippen molar-refractivity contribution in [2.75, 3.05) is 18.0 Å². The summed E-state index contributed by atoms with van der Waals surface area (Å²) >= 11 is 0. The van der Waals surface area contributed by atoms with Crippen molar-refractivity contribution in [1.82, 2.24) is 14.9 Å². The minimum absolute atomic E-state index is 0.0328. The first-order valence-corrected chi connectivity index (χ1v) is 8.84. The summed E-state index contributed by atoms with van der Waals surface area (Å²) in [6, 6.07) is 4.33. The number of nitrogens with zero attached hydrogens (tertiary/aromatic N) is 3. The van der Waals surface area contributed by atoms with Crippen molar-refractivity contribution in [2.24, 2.45) is 0 Å². The van der Waals surface area contributed by atoms with E-state index in [2.05, 4.69) is 21.7 Å². The van der Waals surface area contributed by atoms with Gasteiger partial charge in [0.1, 0.15) is 5.76 Å². The van der Waals surface area contributed by atoms with Crippen molar-refractivity contribution in [3.05, 3.63) is 45.8 Å². The van der Waals surface area contributed by atoms with Crippen LogP contribution in [0.25, 0.3) is 0 Å². The van der Waals surface area contributed by atoms with Crippen LogP contribution >= 0.6 is 0 Å². The first-order chi connectivity index (χ1) is 11.7. The van der Waals surface area contributed by atoms with E-state index in [9.17, 15) is 4.79 Å². The molecule has 0 amide bonds. The van der Waals surface area contributed by atoms with Crippen molar-refractivity contribution in [2.45, 2.75) is 51.7 Å². The number of aromatic amines is 1. The fourth-order valence-corrected chi connectivity index (χ4v) is 3.79. The maximum atomic E-state index is 12.5. The molecule has 0 spiro atoms. The van der Waals surface area contributed by atoms with Gasteiger partial charge in [-0.25, -0.2) is 4.98 Å². The van der Waals surface area contributed by atoms with Gasteiger partial charge < -0.3 is 9.32 Å². The molecule has 1 atom stereocenters. The van der Waals surface area contributed by atoms with Crippen LogP contribution in [0.1, 0.15) is 43.2 Å². The fourth-order valence-electron chi connectivity index (χ4n) is 3.79. The van der Waals surface area contributed by atoms with E-state index in [1.54, 1.807) is 6.26 Å². The smallest absolute Gasteiger partial charge is 0.255 e. The van der Waals surface area contributed by atoms with Gasteiger partial charge in [0, 0.05) is 31.2 Å². The highest BCUT2D eigenvalue weighted by atomic mass is 16.3. The summed E-state index contributed by atoms with van der Waals surface area (Å²) < 4.78 is 5.44. The van der Waals surface area contributed by atoms with E-state index in [1.165, 1.54) is 6.42 Å². The molecule has 1 saturated heterocycles. The zero-order chi connectivity index (χ0) is 16.5. The molecule has 4 rings (SSSR count). The molecule has 1 fully saturated rings. The van der Waals surface area contributed by atoms with E-state index in [-0.39, 0.29) is 5.56 Å². The van der Waals surface area contributed by atoms with Crippen LogP contribution in [0.4, 0.5) is 5.95 Å². The third-order valence-electron chi connectivity index (χ3n) is 5.17. The first-order valence-electron chi connectivity index (χ1n) is 8.84. The lowest BCUT2D eigenvalue weighted by Crippen LogP contribution is -2.41. The highest BCUT2D eigenvalue weighted by Crippen LogP contribution is 2.23. The predicted molar refractivity (Wildman–Crippen MR) is 92.0 cm³/mol. The molecule has 0 aliphatic carbocycles. The largest absolute Gasteiger partial charge is 0.468 e. The standard InChI is InChI=1S/C18H24N4O2/c1-13-5-2-3-8-22(13)18-19-16-12-21(11-14-6-4-10-24-14)9-7-15(16)17(23)20-18/h4,6,10,13H,2-3,5,7-9,11-12H2,1H3,(H,19,20,23)/t13-/m1/s1. The molecular formula is C18H24N4O2. The van der Waals surface area contributed by atoms with Crippen LogP contribution in [0, 0.1) is 0 Å². The van der Waals surface area contributed by atoms with Gasteiger partial charge in [-0.05, 0) is 44.7 Å². The van der Waals surface area contributed by atoms with Gasteiger partial charge in [0.15, 0.2) is 0 Å². The van der Waals surface area contributed by atoms with Crippen LogP contribution in [0.3, 0.4) is 0 Å². The van der Waals surface area contributed by atoms with Gasteiger partial charge in [-0.2, -0.15) is 0 Å². The van der Waals surface area contributed by atoms with Crippen LogP contribution in [0.15, 0.2) is 27.6 Å². The minimum Gasteiger partial charge on any atom is -0.468 e. The van der Waals surface area contributed by atoms with Crippen LogP contribution < -0.4 is 10.5 Å². The van der Waals surface area contributed by atoms with Crippen molar-refractivity contribution < 1.29 is 4.42 Å². The number of anilines is 1. The summed E-state index contributed by atoms with van der Waals surface area (Å²) in [7, 11) is 0. The summed E-state index contributed by atoms with van der Waals surface area (Å²) in [5.41, 5.74) is 1.80. The van der Waals surface area contributed by atoms with Crippen molar-refractivity contribution in [3.8, 4) is 0 Å². The molecular weight excluding hydrogens is 304 g/mol. The Labute approximate surface area is 141 Å². The number of rotatable bonds is 3. The molecule has 2 aliphatic heterocycles. The molecule has 0 saturated carbocycles. The molecule has 128 valence electrons. The number of furan rings is 1. The molecule has 6 heteroatoms. The predicted octanol–water partition coefficient (Wildman–Crippen LogP) is 2.30. The van der Waals surface area contributed by atoms with Gasteiger partial charge in [0.2, 0.25) is 5.95 Å². The van der Waals surface area contributed by atoms with Crippen LogP contribution in [-0.2, 0) is 19.5 Å². The Kier molecular flexibility index (Phi) is 4.14. The molecule has 2 aromatic rings.